The fourth-order valence-electron chi connectivity index (χ4n) is 1.16. The van der Waals surface area contributed by atoms with Crippen LogP contribution < -0.4 is 5.32 Å². The number of rotatable bonds is 5. The highest BCUT2D eigenvalue weighted by Gasteiger charge is 2.01. The molecular formula is C10H13ClFNS. The van der Waals surface area contributed by atoms with E-state index in [0.29, 0.717) is 17.0 Å². The first-order valence-electron chi connectivity index (χ1n) is 4.49. The van der Waals surface area contributed by atoms with Crippen LogP contribution in [0.15, 0.2) is 18.2 Å². The molecule has 4 heteroatoms. The quantitative estimate of drug-likeness (QED) is 0.589. The van der Waals surface area contributed by atoms with E-state index in [1.54, 1.807) is 12.1 Å². The van der Waals surface area contributed by atoms with Crippen LogP contribution in [0.3, 0.4) is 0 Å². The van der Waals surface area contributed by atoms with Crippen LogP contribution in [-0.2, 0) is 6.42 Å². The lowest BCUT2D eigenvalue weighted by atomic mass is 10.1. The van der Waals surface area contributed by atoms with Crippen molar-refractivity contribution in [2.24, 2.45) is 0 Å². The van der Waals surface area contributed by atoms with E-state index in [0.717, 1.165) is 18.8 Å². The van der Waals surface area contributed by atoms with Crippen LogP contribution in [0.2, 0.25) is 5.02 Å². The highest BCUT2D eigenvalue weighted by atomic mass is 35.5. The number of nitrogens with one attached hydrogen (secondary N) is 1. The Balaban J connectivity index is 2.45. The van der Waals surface area contributed by atoms with E-state index < -0.39 is 0 Å². The van der Waals surface area contributed by atoms with Crippen molar-refractivity contribution in [3.63, 3.8) is 0 Å². The molecule has 1 N–H and O–H groups in total. The van der Waals surface area contributed by atoms with E-state index in [1.807, 2.05) is 0 Å². The van der Waals surface area contributed by atoms with Crippen LogP contribution in [-0.4, -0.2) is 18.8 Å². The highest BCUT2D eigenvalue weighted by molar-refractivity contribution is 7.80. The Morgan fingerprint density at radius 1 is 1.36 bits per heavy atom. The Morgan fingerprint density at radius 3 is 2.86 bits per heavy atom. The summed E-state index contributed by atoms with van der Waals surface area (Å²) in [6.07, 6.45) is 0.653. The summed E-state index contributed by atoms with van der Waals surface area (Å²) in [6, 6.07) is 4.62. The minimum Gasteiger partial charge on any atom is -0.316 e. The van der Waals surface area contributed by atoms with Crippen molar-refractivity contribution in [1.82, 2.24) is 5.32 Å². The molecule has 0 saturated heterocycles. The van der Waals surface area contributed by atoms with Gasteiger partial charge in [-0.15, -0.1) is 0 Å². The van der Waals surface area contributed by atoms with Gasteiger partial charge in [0.25, 0.3) is 0 Å². The maximum atomic E-state index is 13.2. The van der Waals surface area contributed by atoms with Gasteiger partial charge in [0.1, 0.15) is 5.82 Å². The van der Waals surface area contributed by atoms with E-state index in [-0.39, 0.29) is 5.82 Å². The van der Waals surface area contributed by atoms with Gasteiger partial charge in [0, 0.05) is 17.3 Å². The van der Waals surface area contributed by atoms with Gasteiger partial charge in [-0.25, -0.2) is 4.39 Å². The Bertz CT molecular complexity index is 293. The molecule has 1 nitrogen and oxygen atoms in total. The first-order valence-corrected chi connectivity index (χ1v) is 5.50. The van der Waals surface area contributed by atoms with Crippen molar-refractivity contribution in [3.05, 3.63) is 34.6 Å². The second kappa shape index (κ2) is 6.27. The van der Waals surface area contributed by atoms with Gasteiger partial charge in [-0.1, -0.05) is 11.6 Å². The Labute approximate surface area is 94.1 Å². The van der Waals surface area contributed by atoms with E-state index in [2.05, 4.69) is 17.9 Å². The molecule has 0 atom stereocenters. The molecule has 0 bridgehead atoms. The molecule has 0 aliphatic heterocycles. The van der Waals surface area contributed by atoms with Gasteiger partial charge in [0.2, 0.25) is 0 Å². The van der Waals surface area contributed by atoms with Crippen molar-refractivity contribution >= 4 is 24.2 Å². The standard InChI is InChI=1S/C10H13ClFNS/c11-9-1-2-10(12)8(7-9)3-4-13-5-6-14/h1-2,7,13-14H,3-6H2. The lowest BCUT2D eigenvalue weighted by Gasteiger charge is -2.04. The monoisotopic (exact) mass is 233 g/mol. The van der Waals surface area contributed by atoms with Crippen LogP contribution in [0.5, 0.6) is 0 Å². The largest absolute Gasteiger partial charge is 0.316 e. The van der Waals surface area contributed by atoms with Crippen molar-refractivity contribution in [1.29, 1.82) is 0 Å². The molecule has 14 heavy (non-hydrogen) atoms. The molecule has 0 aliphatic carbocycles. The summed E-state index contributed by atoms with van der Waals surface area (Å²) in [7, 11) is 0. The Morgan fingerprint density at radius 2 is 2.14 bits per heavy atom. The highest BCUT2D eigenvalue weighted by Crippen LogP contribution is 2.14. The van der Waals surface area contributed by atoms with E-state index in [1.165, 1.54) is 6.07 Å². The van der Waals surface area contributed by atoms with Crippen molar-refractivity contribution in [2.45, 2.75) is 6.42 Å². The van der Waals surface area contributed by atoms with E-state index >= 15 is 0 Å². The van der Waals surface area contributed by atoms with Crippen LogP contribution in [0.1, 0.15) is 5.56 Å². The van der Waals surface area contributed by atoms with Gasteiger partial charge >= 0.3 is 0 Å². The second-order valence-corrected chi connectivity index (χ2v) is 3.84. The molecule has 0 amide bonds. The van der Waals surface area contributed by atoms with Crippen LogP contribution in [0, 0.1) is 5.82 Å². The molecule has 78 valence electrons. The van der Waals surface area contributed by atoms with Gasteiger partial charge < -0.3 is 5.32 Å². The third-order valence-corrected chi connectivity index (χ3v) is 2.33. The predicted octanol–water partition coefficient (Wildman–Crippen LogP) is 2.54. The SMILES string of the molecule is Fc1ccc(Cl)cc1CCNCCS. The second-order valence-electron chi connectivity index (χ2n) is 2.96. The zero-order chi connectivity index (χ0) is 10.4. The number of thiol groups is 1. The molecule has 0 aromatic heterocycles. The van der Waals surface area contributed by atoms with Crippen molar-refractivity contribution in [3.8, 4) is 0 Å². The summed E-state index contributed by atoms with van der Waals surface area (Å²) in [5, 5.41) is 3.72. The fourth-order valence-corrected chi connectivity index (χ4v) is 1.51. The average Bonchev–Trinajstić information content (AvgIpc) is 2.18. The van der Waals surface area contributed by atoms with Crippen molar-refractivity contribution < 1.29 is 4.39 Å². The third kappa shape index (κ3) is 3.86. The van der Waals surface area contributed by atoms with Gasteiger partial charge in [0.15, 0.2) is 0 Å². The zero-order valence-corrected chi connectivity index (χ0v) is 9.41. The lowest BCUT2D eigenvalue weighted by molar-refractivity contribution is 0.601. The summed E-state index contributed by atoms with van der Waals surface area (Å²) in [5.41, 5.74) is 0.657. The number of hydrogen-bond acceptors (Lipinski definition) is 2. The summed E-state index contributed by atoms with van der Waals surface area (Å²) in [6.45, 7) is 1.59. The molecule has 0 saturated carbocycles. The molecular weight excluding hydrogens is 221 g/mol. The average molecular weight is 234 g/mol. The molecule has 1 rings (SSSR count). The number of hydrogen-bond donors (Lipinski definition) is 2. The van der Waals surface area contributed by atoms with Crippen LogP contribution in [0.25, 0.3) is 0 Å². The van der Waals surface area contributed by atoms with E-state index in [9.17, 15) is 4.39 Å². The van der Waals surface area contributed by atoms with Gasteiger partial charge in [0.05, 0.1) is 0 Å². The maximum Gasteiger partial charge on any atom is 0.126 e. The molecule has 0 aliphatic rings. The first kappa shape index (κ1) is 11.8. The molecule has 0 spiro atoms. The summed E-state index contributed by atoms with van der Waals surface area (Å²) >= 11 is 9.82. The van der Waals surface area contributed by atoms with Crippen LogP contribution >= 0.6 is 24.2 Å². The lowest BCUT2D eigenvalue weighted by Crippen LogP contribution is -2.19. The number of benzene rings is 1. The molecule has 0 unspecified atom stereocenters. The zero-order valence-electron chi connectivity index (χ0n) is 7.76. The molecule has 1 aromatic rings. The van der Waals surface area contributed by atoms with Crippen molar-refractivity contribution in [2.75, 3.05) is 18.8 Å². The molecule has 0 fully saturated rings. The van der Waals surface area contributed by atoms with Gasteiger partial charge in [-0.3, -0.25) is 0 Å². The minimum absolute atomic E-state index is 0.193. The third-order valence-electron chi connectivity index (χ3n) is 1.87. The smallest absolute Gasteiger partial charge is 0.126 e. The van der Waals surface area contributed by atoms with Gasteiger partial charge in [-0.2, -0.15) is 12.6 Å². The van der Waals surface area contributed by atoms with Gasteiger partial charge in [-0.05, 0) is 36.7 Å². The molecule has 0 radical (unpaired) electrons. The Kier molecular flexibility index (Phi) is 5.30. The summed E-state index contributed by atoms with van der Waals surface area (Å²) < 4.78 is 13.2. The van der Waals surface area contributed by atoms with E-state index in [4.69, 9.17) is 11.6 Å². The minimum atomic E-state index is -0.193. The fraction of sp³-hybridized carbons (Fsp3) is 0.400. The Hall–Kier alpha value is -0.250. The number of halogens is 2. The summed E-state index contributed by atoms with van der Waals surface area (Å²) in [5.74, 6) is 0.597. The molecule has 1 aromatic carbocycles. The van der Waals surface area contributed by atoms with Crippen LogP contribution in [0.4, 0.5) is 4.39 Å². The molecule has 0 heterocycles. The summed E-state index contributed by atoms with van der Waals surface area (Å²) in [4.78, 5) is 0. The maximum absolute atomic E-state index is 13.2. The predicted molar refractivity (Wildman–Crippen MR) is 61.8 cm³/mol. The first-order chi connectivity index (χ1) is 6.74. The normalized spacial score (nSPS) is 10.5. The topological polar surface area (TPSA) is 12.0 Å².